The monoisotopic (exact) mass is 497 g/mol. The molecule has 0 saturated heterocycles. The third-order valence-corrected chi connectivity index (χ3v) is 6.01. The van der Waals surface area contributed by atoms with Gasteiger partial charge in [0.2, 0.25) is 0 Å². The fourth-order valence-corrected chi connectivity index (χ4v) is 4.07. The smallest absolute Gasteiger partial charge is 0.319 e. The number of aryl methyl sites for hydroxylation is 1. The highest BCUT2D eigenvalue weighted by Crippen LogP contribution is 2.38. The topological polar surface area (TPSA) is 90.5 Å². The van der Waals surface area contributed by atoms with Crippen molar-refractivity contribution in [2.75, 3.05) is 10.6 Å². The van der Waals surface area contributed by atoms with Crippen LogP contribution in [0.5, 0.6) is 0 Å². The lowest BCUT2D eigenvalue weighted by atomic mass is 10.0. The predicted octanol–water partition coefficient (Wildman–Crippen LogP) is 4.76. The van der Waals surface area contributed by atoms with Gasteiger partial charge in [-0.15, -0.1) is 0 Å². The zero-order valence-corrected chi connectivity index (χ0v) is 17.3. The number of rotatable bonds is 3. The lowest BCUT2D eigenvalue weighted by Gasteiger charge is -2.21. The molecule has 1 unspecified atom stereocenters. The normalized spacial score (nSPS) is 15.9. The number of amides is 3. The maximum Gasteiger partial charge on any atom is 0.319 e. The molecule has 8 heteroatoms. The maximum atomic E-state index is 12.4. The van der Waals surface area contributed by atoms with Crippen molar-refractivity contribution in [3.05, 3.63) is 68.0 Å². The van der Waals surface area contributed by atoms with Gasteiger partial charge in [0.15, 0.2) is 5.76 Å². The largest absolute Gasteiger partial charge is 0.503 e. The summed E-state index contributed by atoms with van der Waals surface area (Å²) < 4.78 is 0.708. The lowest BCUT2D eigenvalue weighted by Crippen LogP contribution is -2.32. The highest BCUT2D eigenvalue weighted by molar-refractivity contribution is 14.1. The van der Waals surface area contributed by atoms with Crippen LogP contribution in [0.15, 0.2) is 48.2 Å². The number of aliphatic hydroxyl groups is 1. The van der Waals surface area contributed by atoms with Gasteiger partial charge in [0, 0.05) is 20.5 Å². The van der Waals surface area contributed by atoms with E-state index in [0.717, 1.165) is 5.56 Å². The Hall–Kier alpha value is -2.26. The molecule has 0 aromatic heterocycles. The summed E-state index contributed by atoms with van der Waals surface area (Å²) in [5, 5.41) is 18.8. The van der Waals surface area contributed by atoms with Crippen LogP contribution >= 0.6 is 34.2 Å². The van der Waals surface area contributed by atoms with E-state index < -0.39 is 23.7 Å². The molecule has 1 heterocycles. The van der Waals surface area contributed by atoms with Gasteiger partial charge in [0.1, 0.15) is 0 Å². The van der Waals surface area contributed by atoms with E-state index >= 15 is 0 Å². The van der Waals surface area contributed by atoms with Crippen molar-refractivity contribution >= 4 is 57.5 Å². The fraction of sp³-hybridized carbons (Fsp3) is 0.158. The molecule has 3 rings (SSSR count). The number of halogens is 2. The second-order valence-corrected chi connectivity index (χ2v) is 7.38. The zero-order valence-electron chi connectivity index (χ0n) is 14.3. The highest BCUT2D eigenvalue weighted by atomic mass is 127. The predicted molar refractivity (Wildman–Crippen MR) is 114 cm³/mol. The van der Waals surface area contributed by atoms with Gasteiger partial charge in [-0.05, 0) is 58.9 Å². The van der Waals surface area contributed by atoms with Crippen molar-refractivity contribution in [2.45, 2.75) is 19.4 Å². The first-order chi connectivity index (χ1) is 12.9. The van der Waals surface area contributed by atoms with Gasteiger partial charge in [-0.1, -0.05) is 36.7 Å². The van der Waals surface area contributed by atoms with Gasteiger partial charge in [-0.3, -0.25) is 4.79 Å². The molecule has 27 heavy (non-hydrogen) atoms. The fourth-order valence-electron chi connectivity index (χ4n) is 2.80. The Morgan fingerprint density at radius 3 is 2.70 bits per heavy atom. The summed E-state index contributed by atoms with van der Waals surface area (Å²) in [5.41, 5.74) is 2.63. The Labute approximate surface area is 175 Å². The summed E-state index contributed by atoms with van der Waals surface area (Å²) >= 11 is 8.54. The van der Waals surface area contributed by atoms with E-state index in [0.29, 0.717) is 32.0 Å². The molecule has 0 radical (unpaired) electrons. The van der Waals surface area contributed by atoms with Crippen LogP contribution in [0.4, 0.5) is 16.2 Å². The van der Waals surface area contributed by atoms with Crippen molar-refractivity contribution in [3.63, 3.8) is 0 Å². The molecule has 140 valence electrons. The number of aliphatic hydroxyl groups excluding tert-OH is 1. The highest BCUT2D eigenvalue weighted by Gasteiger charge is 2.28. The van der Waals surface area contributed by atoms with Gasteiger partial charge >= 0.3 is 6.03 Å². The van der Waals surface area contributed by atoms with Gasteiger partial charge in [0.05, 0.1) is 11.1 Å². The first-order valence-corrected chi connectivity index (χ1v) is 9.71. The third-order valence-electron chi connectivity index (χ3n) is 4.14. The van der Waals surface area contributed by atoms with Gasteiger partial charge in [-0.25, -0.2) is 4.79 Å². The minimum absolute atomic E-state index is 0.470. The zero-order chi connectivity index (χ0) is 19.6. The molecule has 0 saturated carbocycles. The number of benzene rings is 2. The molecule has 2 aromatic rings. The van der Waals surface area contributed by atoms with Gasteiger partial charge < -0.3 is 21.1 Å². The number of carbonyl (C=O) groups excluding carboxylic acids is 2. The number of fused-ring (bicyclic) bond motifs is 1. The van der Waals surface area contributed by atoms with Crippen LogP contribution in [0, 0.1) is 3.57 Å². The summed E-state index contributed by atoms with van der Waals surface area (Å²) in [6.45, 7) is 1.96. The molecule has 1 aliphatic heterocycles. The van der Waals surface area contributed by atoms with E-state index in [1.807, 2.05) is 13.0 Å². The van der Waals surface area contributed by atoms with E-state index in [1.54, 1.807) is 30.3 Å². The number of para-hydroxylation sites is 1. The van der Waals surface area contributed by atoms with Crippen LogP contribution in [-0.2, 0) is 11.2 Å². The molecular weight excluding hydrogens is 481 g/mol. The Morgan fingerprint density at radius 1 is 1.33 bits per heavy atom. The van der Waals surface area contributed by atoms with Crippen molar-refractivity contribution in [2.24, 2.45) is 0 Å². The third kappa shape index (κ3) is 4.19. The number of carbonyl (C=O) groups is 2. The van der Waals surface area contributed by atoms with Crippen molar-refractivity contribution in [1.82, 2.24) is 5.32 Å². The van der Waals surface area contributed by atoms with Crippen LogP contribution in [0.1, 0.15) is 24.1 Å². The van der Waals surface area contributed by atoms with Crippen LogP contribution < -0.4 is 16.0 Å². The Morgan fingerprint density at radius 2 is 2.04 bits per heavy atom. The summed E-state index contributed by atoms with van der Waals surface area (Å²) in [7, 11) is 0. The van der Waals surface area contributed by atoms with Crippen LogP contribution in [0.2, 0.25) is 5.02 Å². The summed E-state index contributed by atoms with van der Waals surface area (Å²) in [5.74, 6) is -1.11. The molecule has 2 aromatic carbocycles. The second-order valence-electron chi connectivity index (χ2n) is 5.93. The molecule has 0 bridgehead atoms. The molecule has 4 N–H and O–H groups in total. The van der Waals surface area contributed by atoms with Crippen molar-refractivity contribution in [1.29, 1.82) is 0 Å². The van der Waals surface area contributed by atoms with Gasteiger partial charge in [-0.2, -0.15) is 0 Å². The van der Waals surface area contributed by atoms with Crippen LogP contribution in [0.25, 0.3) is 0 Å². The Bertz CT molecular complexity index is 932. The molecule has 0 fully saturated rings. The molecule has 3 amide bonds. The molecule has 6 nitrogen and oxygen atoms in total. The number of hydrogen-bond donors (Lipinski definition) is 4. The van der Waals surface area contributed by atoms with Crippen LogP contribution in [-0.4, -0.2) is 17.0 Å². The number of anilines is 2. The molecular formula is C19H17ClIN3O3. The van der Waals surface area contributed by atoms with Crippen LogP contribution in [0.3, 0.4) is 0 Å². The van der Waals surface area contributed by atoms with Gasteiger partial charge in [0.25, 0.3) is 5.91 Å². The summed E-state index contributed by atoms with van der Waals surface area (Å²) in [6.07, 6.45) is 1.99. The minimum atomic E-state index is -0.738. The standard InChI is InChI=1S/C19H17ClIN3O3/c1-2-10-8-12-15(17(21)16(10)20)13(9-14(25)18(26)23-12)24-19(27)22-11-6-4-3-5-7-11/h3-9,13,25H,2H2,1H3,(H,23,26)(H2,22,24,27). The van der Waals surface area contributed by atoms with E-state index in [2.05, 4.69) is 38.5 Å². The minimum Gasteiger partial charge on any atom is -0.503 e. The van der Waals surface area contributed by atoms with Crippen molar-refractivity contribution in [3.8, 4) is 0 Å². The lowest BCUT2D eigenvalue weighted by molar-refractivity contribution is -0.115. The average molecular weight is 498 g/mol. The quantitative estimate of drug-likeness (QED) is 0.461. The molecule has 0 aliphatic carbocycles. The molecule has 1 aliphatic rings. The molecule has 1 atom stereocenters. The first kappa shape index (κ1) is 19.5. The van der Waals surface area contributed by atoms with E-state index in [-0.39, 0.29) is 0 Å². The van der Waals surface area contributed by atoms with Crippen molar-refractivity contribution < 1.29 is 14.7 Å². The second kappa shape index (κ2) is 8.18. The summed E-state index contributed by atoms with van der Waals surface area (Å²) in [6, 6.07) is 9.53. The number of nitrogens with one attached hydrogen (secondary N) is 3. The summed E-state index contributed by atoms with van der Waals surface area (Å²) in [4.78, 5) is 24.5. The first-order valence-electron chi connectivity index (χ1n) is 8.26. The number of urea groups is 1. The van der Waals surface area contributed by atoms with E-state index in [4.69, 9.17) is 11.6 Å². The average Bonchev–Trinajstić information content (AvgIpc) is 2.75. The Kier molecular flexibility index (Phi) is 5.91. The van der Waals surface area contributed by atoms with E-state index in [9.17, 15) is 14.7 Å². The van der Waals surface area contributed by atoms with E-state index in [1.165, 1.54) is 6.08 Å². The number of hydrogen-bond acceptors (Lipinski definition) is 3. The Balaban J connectivity index is 1.98. The maximum absolute atomic E-state index is 12.4. The molecule has 0 spiro atoms. The SMILES string of the molecule is CCc1cc2c(c(I)c1Cl)C(NC(=O)Nc1ccccc1)C=C(O)C(=O)N2.